The van der Waals surface area contributed by atoms with Crippen LogP contribution in [0.25, 0.3) is 5.69 Å². The van der Waals surface area contributed by atoms with Crippen molar-refractivity contribution in [1.82, 2.24) is 15.0 Å². The predicted molar refractivity (Wildman–Crippen MR) is 77.5 cm³/mol. The van der Waals surface area contributed by atoms with Gasteiger partial charge < -0.3 is 11.1 Å². The Morgan fingerprint density at radius 3 is 2.85 bits per heavy atom. The Hall–Kier alpha value is -2.21. The minimum atomic E-state index is 0.00888. The van der Waals surface area contributed by atoms with E-state index in [1.165, 1.54) is 0 Å². The minimum absolute atomic E-state index is 0.00888. The van der Waals surface area contributed by atoms with Crippen LogP contribution in [0.3, 0.4) is 0 Å². The summed E-state index contributed by atoms with van der Waals surface area (Å²) in [4.78, 5) is 11.9. The smallest absolute Gasteiger partial charge is 0.224 e. The first-order chi connectivity index (χ1) is 9.81. The maximum absolute atomic E-state index is 11.9. The van der Waals surface area contributed by atoms with Crippen LogP contribution >= 0.6 is 0 Å². The summed E-state index contributed by atoms with van der Waals surface area (Å²) in [6, 6.07) is 7.52. The lowest BCUT2D eigenvalue weighted by Crippen LogP contribution is -2.13. The maximum atomic E-state index is 11.9. The van der Waals surface area contributed by atoms with Crippen LogP contribution in [0.15, 0.2) is 36.7 Å². The minimum Gasteiger partial charge on any atom is -0.330 e. The van der Waals surface area contributed by atoms with Gasteiger partial charge in [-0.3, -0.25) is 4.79 Å². The molecule has 3 N–H and O–H groups in total. The second-order valence-electron chi connectivity index (χ2n) is 4.51. The molecule has 0 saturated heterocycles. The summed E-state index contributed by atoms with van der Waals surface area (Å²) < 4.78 is 1.63. The van der Waals surface area contributed by atoms with Crippen molar-refractivity contribution >= 4 is 11.6 Å². The number of amides is 1. The second-order valence-corrected chi connectivity index (χ2v) is 4.51. The number of benzene rings is 1. The van der Waals surface area contributed by atoms with Crippen LogP contribution in [0.4, 0.5) is 5.69 Å². The van der Waals surface area contributed by atoms with Crippen LogP contribution in [0, 0.1) is 0 Å². The number of rotatable bonds is 7. The summed E-state index contributed by atoms with van der Waals surface area (Å²) in [7, 11) is 0. The molecule has 0 atom stereocenters. The van der Waals surface area contributed by atoms with Crippen molar-refractivity contribution in [2.24, 2.45) is 5.73 Å². The molecule has 6 heteroatoms. The average Bonchev–Trinajstić information content (AvgIpc) is 2.98. The van der Waals surface area contributed by atoms with Gasteiger partial charge in [-0.25, -0.2) is 4.68 Å². The highest BCUT2D eigenvalue weighted by Gasteiger charge is 2.08. The predicted octanol–water partition coefficient (Wildman–Crippen LogP) is 1.72. The van der Waals surface area contributed by atoms with Gasteiger partial charge in [0.2, 0.25) is 5.91 Å². The van der Waals surface area contributed by atoms with E-state index in [-0.39, 0.29) is 5.91 Å². The van der Waals surface area contributed by atoms with E-state index in [2.05, 4.69) is 15.6 Å². The summed E-state index contributed by atoms with van der Waals surface area (Å²) >= 11 is 0. The van der Waals surface area contributed by atoms with Gasteiger partial charge >= 0.3 is 0 Å². The van der Waals surface area contributed by atoms with Gasteiger partial charge in [0.1, 0.15) is 0 Å². The summed E-state index contributed by atoms with van der Waals surface area (Å²) in [5.41, 5.74) is 6.97. The van der Waals surface area contributed by atoms with Crippen LogP contribution in [-0.2, 0) is 4.79 Å². The fourth-order valence-electron chi connectivity index (χ4n) is 1.94. The Labute approximate surface area is 118 Å². The molecule has 2 rings (SSSR count). The molecule has 0 radical (unpaired) electrons. The molecule has 0 aliphatic heterocycles. The molecule has 0 bridgehead atoms. The van der Waals surface area contributed by atoms with Gasteiger partial charge in [-0.05, 0) is 31.5 Å². The standard InChI is InChI=1S/C14H19N5O/c15-9-5-1-2-8-14(20)17-12-6-3-4-7-13(12)19-11-10-16-18-19/h3-4,6-7,10-11H,1-2,5,8-9,15H2,(H,17,20). The number of carbonyl (C=O) groups is 1. The number of anilines is 1. The molecule has 0 aliphatic carbocycles. The lowest BCUT2D eigenvalue weighted by Gasteiger charge is -2.10. The molecule has 0 unspecified atom stereocenters. The topological polar surface area (TPSA) is 85.8 Å². The Kier molecular flexibility index (Phi) is 5.25. The molecule has 0 spiro atoms. The van der Waals surface area contributed by atoms with E-state index < -0.39 is 0 Å². The summed E-state index contributed by atoms with van der Waals surface area (Å²) in [6.45, 7) is 0.677. The van der Waals surface area contributed by atoms with Crippen LogP contribution in [-0.4, -0.2) is 27.4 Å². The Morgan fingerprint density at radius 1 is 1.25 bits per heavy atom. The molecule has 106 valence electrons. The van der Waals surface area contributed by atoms with Crippen LogP contribution < -0.4 is 11.1 Å². The summed E-state index contributed by atoms with van der Waals surface area (Å²) in [6.07, 6.45) is 6.65. The largest absolute Gasteiger partial charge is 0.330 e. The normalized spacial score (nSPS) is 10.4. The Bertz CT molecular complexity index is 538. The summed E-state index contributed by atoms with van der Waals surface area (Å²) in [5, 5.41) is 10.6. The highest BCUT2D eigenvalue weighted by molar-refractivity contribution is 5.92. The Morgan fingerprint density at radius 2 is 2.10 bits per heavy atom. The monoisotopic (exact) mass is 273 g/mol. The van der Waals surface area contributed by atoms with Gasteiger partial charge in [0.15, 0.2) is 0 Å². The zero-order valence-electron chi connectivity index (χ0n) is 11.3. The molecule has 20 heavy (non-hydrogen) atoms. The van der Waals surface area contributed by atoms with E-state index in [1.54, 1.807) is 17.1 Å². The van der Waals surface area contributed by atoms with E-state index in [1.807, 2.05) is 24.3 Å². The molecule has 1 heterocycles. The molecule has 2 aromatic rings. The van der Waals surface area contributed by atoms with Crippen molar-refractivity contribution in [1.29, 1.82) is 0 Å². The molecular formula is C14H19N5O. The third-order valence-corrected chi connectivity index (χ3v) is 2.96. The number of nitrogens with two attached hydrogens (primary N) is 1. The van der Waals surface area contributed by atoms with Crippen LogP contribution in [0.5, 0.6) is 0 Å². The number of nitrogens with zero attached hydrogens (tertiary/aromatic N) is 3. The Balaban J connectivity index is 1.97. The quantitative estimate of drug-likeness (QED) is 0.752. The zero-order valence-corrected chi connectivity index (χ0v) is 11.3. The van der Waals surface area contributed by atoms with E-state index in [9.17, 15) is 4.79 Å². The first kappa shape index (κ1) is 14.2. The molecule has 0 fully saturated rings. The van der Waals surface area contributed by atoms with Crippen molar-refractivity contribution < 1.29 is 4.79 Å². The van der Waals surface area contributed by atoms with Gasteiger partial charge in [0.25, 0.3) is 0 Å². The maximum Gasteiger partial charge on any atom is 0.224 e. The third-order valence-electron chi connectivity index (χ3n) is 2.96. The van der Waals surface area contributed by atoms with Gasteiger partial charge in [-0.1, -0.05) is 23.8 Å². The van der Waals surface area contributed by atoms with Crippen LogP contribution in [0.1, 0.15) is 25.7 Å². The van der Waals surface area contributed by atoms with Gasteiger partial charge in [0, 0.05) is 6.42 Å². The van der Waals surface area contributed by atoms with Crippen molar-refractivity contribution in [3.8, 4) is 5.69 Å². The molecule has 0 saturated carbocycles. The number of hydrogen-bond acceptors (Lipinski definition) is 4. The molecule has 1 amide bonds. The number of carbonyl (C=O) groups excluding carboxylic acids is 1. The van der Waals surface area contributed by atoms with Crippen LogP contribution in [0.2, 0.25) is 0 Å². The molecule has 1 aromatic carbocycles. The molecule has 1 aromatic heterocycles. The number of hydrogen-bond donors (Lipinski definition) is 2. The van der Waals surface area contributed by atoms with E-state index in [0.29, 0.717) is 13.0 Å². The average molecular weight is 273 g/mol. The molecule has 6 nitrogen and oxygen atoms in total. The lowest BCUT2D eigenvalue weighted by atomic mass is 10.2. The fraction of sp³-hybridized carbons (Fsp3) is 0.357. The van der Waals surface area contributed by atoms with Crippen molar-refractivity contribution in [3.63, 3.8) is 0 Å². The first-order valence-corrected chi connectivity index (χ1v) is 6.77. The zero-order chi connectivity index (χ0) is 14.2. The van der Waals surface area contributed by atoms with Gasteiger partial charge in [0.05, 0.1) is 23.8 Å². The van der Waals surface area contributed by atoms with E-state index >= 15 is 0 Å². The number of nitrogens with one attached hydrogen (secondary N) is 1. The van der Waals surface area contributed by atoms with Crippen molar-refractivity contribution in [2.75, 3.05) is 11.9 Å². The van der Waals surface area contributed by atoms with Gasteiger partial charge in [-0.15, -0.1) is 5.10 Å². The first-order valence-electron chi connectivity index (χ1n) is 6.77. The van der Waals surface area contributed by atoms with E-state index in [0.717, 1.165) is 30.6 Å². The number of unbranched alkanes of at least 4 members (excludes halogenated alkanes) is 2. The summed E-state index contributed by atoms with van der Waals surface area (Å²) in [5.74, 6) is 0.00888. The molecular weight excluding hydrogens is 254 g/mol. The SMILES string of the molecule is NCCCCCC(=O)Nc1ccccc1-n1ccnn1. The highest BCUT2D eigenvalue weighted by atomic mass is 16.1. The number of aromatic nitrogens is 3. The van der Waals surface area contributed by atoms with E-state index in [4.69, 9.17) is 5.73 Å². The third kappa shape index (κ3) is 3.89. The lowest BCUT2D eigenvalue weighted by molar-refractivity contribution is -0.116. The van der Waals surface area contributed by atoms with Crippen molar-refractivity contribution in [3.05, 3.63) is 36.7 Å². The molecule has 0 aliphatic rings. The van der Waals surface area contributed by atoms with Crippen molar-refractivity contribution in [2.45, 2.75) is 25.7 Å². The highest BCUT2D eigenvalue weighted by Crippen LogP contribution is 2.19. The number of para-hydroxylation sites is 2. The second kappa shape index (κ2) is 7.40. The fourth-order valence-corrected chi connectivity index (χ4v) is 1.94. The van der Waals surface area contributed by atoms with Gasteiger partial charge in [-0.2, -0.15) is 0 Å².